The van der Waals surface area contributed by atoms with Crippen molar-refractivity contribution in [3.63, 3.8) is 0 Å². The number of urea groups is 1. The van der Waals surface area contributed by atoms with Crippen LogP contribution in [-0.4, -0.2) is 97.0 Å². The van der Waals surface area contributed by atoms with Crippen molar-refractivity contribution >= 4 is 47.2 Å². The van der Waals surface area contributed by atoms with Gasteiger partial charge in [-0.15, -0.1) is 0 Å². The van der Waals surface area contributed by atoms with Crippen LogP contribution in [0.15, 0.2) is 48.5 Å². The van der Waals surface area contributed by atoms with Gasteiger partial charge in [-0.05, 0) is 81.3 Å². The molecule has 2 rings (SSSR count). The Morgan fingerprint density at radius 3 is 1.95 bits per heavy atom. The van der Waals surface area contributed by atoms with Crippen molar-refractivity contribution in [1.29, 1.82) is 0 Å². The van der Waals surface area contributed by atoms with E-state index in [0.29, 0.717) is 25.1 Å². The van der Waals surface area contributed by atoms with Crippen molar-refractivity contribution in [3.05, 3.63) is 54.1 Å². The molecule has 5 unspecified atom stereocenters. The molecule has 0 aliphatic heterocycles. The SMILES string of the molecule is CCCCc1ccc(-c2ccc(NC(=O)NCCC(=O)NC(CCCCN)C(=O)NC(C(=O)NC(C)C(=O)NC(CC(=O)NC)C(N)=O)C(C)O)cc2)cc1. The van der Waals surface area contributed by atoms with E-state index in [9.17, 15) is 38.7 Å². The molecular formula is C38H57N9O8. The van der Waals surface area contributed by atoms with Crippen LogP contribution < -0.4 is 48.7 Å². The Kier molecular flexibility index (Phi) is 19.9. The minimum atomic E-state index is -1.54. The van der Waals surface area contributed by atoms with E-state index in [1.807, 2.05) is 12.1 Å². The van der Waals surface area contributed by atoms with Crippen molar-refractivity contribution < 1.29 is 38.7 Å². The van der Waals surface area contributed by atoms with Crippen molar-refractivity contribution in [2.24, 2.45) is 11.5 Å². The zero-order valence-corrected chi connectivity index (χ0v) is 32.0. The molecule has 0 saturated heterocycles. The molecule has 17 nitrogen and oxygen atoms in total. The number of nitrogens with two attached hydrogens (primary N) is 2. The first kappa shape index (κ1) is 45.6. The van der Waals surface area contributed by atoms with E-state index in [2.05, 4.69) is 68.4 Å². The highest BCUT2D eigenvalue weighted by molar-refractivity contribution is 5.96. The van der Waals surface area contributed by atoms with Gasteiger partial charge in [0.25, 0.3) is 0 Å². The second-order valence-electron chi connectivity index (χ2n) is 13.2. The molecule has 2 aromatic rings. The monoisotopic (exact) mass is 767 g/mol. The van der Waals surface area contributed by atoms with E-state index in [1.54, 1.807) is 12.1 Å². The highest BCUT2D eigenvalue weighted by atomic mass is 16.3. The number of anilines is 1. The normalized spacial score (nSPS) is 13.5. The second kappa shape index (κ2) is 24.0. The summed E-state index contributed by atoms with van der Waals surface area (Å²) in [4.78, 5) is 87.8. The average molecular weight is 768 g/mol. The molecule has 302 valence electrons. The number of rotatable bonds is 23. The lowest BCUT2D eigenvalue weighted by Gasteiger charge is -2.26. The van der Waals surface area contributed by atoms with Gasteiger partial charge in [0.2, 0.25) is 35.4 Å². The summed E-state index contributed by atoms with van der Waals surface area (Å²) >= 11 is 0. The van der Waals surface area contributed by atoms with Gasteiger partial charge in [-0.2, -0.15) is 0 Å². The molecule has 0 saturated carbocycles. The van der Waals surface area contributed by atoms with E-state index in [1.165, 1.54) is 26.5 Å². The molecular weight excluding hydrogens is 710 g/mol. The fraction of sp³-hybridized carbons (Fsp3) is 0.500. The van der Waals surface area contributed by atoms with Gasteiger partial charge < -0.3 is 53.8 Å². The summed E-state index contributed by atoms with van der Waals surface area (Å²) in [6.45, 7) is 5.00. The Labute approximate surface area is 321 Å². The maximum atomic E-state index is 13.3. The Balaban J connectivity index is 1.93. The quantitative estimate of drug-likeness (QED) is 0.0696. The number of aliphatic hydroxyl groups excluding tert-OH is 1. The standard InChI is InChI=1S/C38H57N9O8/c1-5-6-9-25-11-13-26(14-12-25)27-15-17-28(18-16-27)44-38(55)42-21-19-31(49)45-29(10-7-8-20-39)36(53)47-33(24(3)48)37(54)43-23(2)35(52)46-30(34(40)51)22-32(50)41-4/h11-18,23-24,29-30,33,48H,5-10,19-22,39H2,1-4H3,(H2,40,51)(H,41,50)(H,43,54)(H,45,49)(H,46,52)(H,47,53)(H2,42,44,55). The number of carbonyl (C=O) groups is 7. The van der Waals surface area contributed by atoms with E-state index >= 15 is 0 Å². The van der Waals surface area contributed by atoms with Crippen LogP contribution in [0.25, 0.3) is 11.1 Å². The lowest BCUT2D eigenvalue weighted by atomic mass is 10.0. The van der Waals surface area contributed by atoms with Gasteiger partial charge in [0.15, 0.2) is 0 Å². The zero-order valence-electron chi connectivity index (χ0n) is 32.0. The molecule has 0 aromatic heterocycles. The van der Waals surface area contributed by atoms with Gasteiger partial charge in [0.1, 0.15) is 24.2 Å². The fourth-order valence-electron chi connectivity index (χ4n) is 5.32. The Morgan fingerprint density at radius 1 is 0.745 bits per heavy atom. The highest BCUT2D eigenvalue weighted by Gasteiger charge is 2.32. The molecule has 8 amide bonds. The third-order valence-corrected chi connectivity index (χ3v) is 8.63. The summed E-state index contributed by atoms with van der Waals surface area (Å²) in [5.74, 6) is -4.62. The summed E-state index contributed by atoms with van der Waals surface area (Å²) in [7, 11) is 1.35. The number of amides is 8. The van der Waals surface area contributed by atoms with E-state index < -0.39 is 78.2 Å². The molecule has 5 atom stereocenters. The summed E-state index contributed by atoms with van der Waals surface area (Å²) < 4.78 is 0. The summed E-state index contributed by atoms with van der Waals surface area (Å²) in [6, 6.07) is 9.98. The first-order valence-electron chi connectivity index (χ1n) is 18.5. The molecule has 17 heteroatoms. The molecule has 0 fully saturated rings. The largest absolute Gasteiger partial charge is 0.391 e. The first-order valence-corrected chi connectivity index (χ1v) is 18.5. The predicted octanol–water partition coefficient (Wildman–Crippen LogP) is 0.298. The molecule has 0 aliphatic rings. The zero-order chi connectivity index (χ0) is 40.9. The minimum Gasteiger partial charge on any atom is -0.391 e. The van der Waals surface area contributed by atoms with Gasteiger partial charge in [-0.1, -0.05) is 49.7 Å². The minimum absolute atomic E-state index is 0.0460. The van der Waals surface area contributed by atoms with Crippen molar-refractivity contribution in [3.8, 4) is 11.1 Å². The summed E-state index contributed by atoms with van der Waals surface area (Å²) in [5, 5.41) is 27.7. The first-order chi connectivity index (χ1) is 26.2. The van der Waals surface area contributed by atoms with Crippen LogP contribution in [0.4, 0.5) is 10.5 Å². The maximum Gasteiger partial charge on any atom is 0.319 e. The van der Waals surface area contributed by atoms with Crippen molar-refractivity contribution in [1.82, 2.24) is 31.9 Å². The maximum absolute atomic E-state index is 13.3. The topological polar surface area (TPSA) is 276 Å². The number of primary amides is 1. The molecule has 0 spiro atoms. The van der Waals surface area contributed by atoms with E-state index in [0.717, 1.165) is 30.4 Å². The lowest BCUT2D eigenvalue weighted by molar-refractivity contribution is -0.136. The van der Waals surface area contributed by atoms with Gasteiger partial charge >= 0.3 is 6.03 Å². The van der Waals surface area contributed by atoms with Crippen LogP contribution >= 0.6 is 0 Å². The van der Waals surface area contributed by atoms with Crippen molar-refractivity contribution in [2.45, 2.75) is 102 Å². The number of aryl methyl sites for hydroxylation is 1. The van der Waals surface area contributed by atoms with Crippen LogP contribution in [0.2, 0.25) is 0 Å². The molecule has 0 bridgehead atoms. The van der Waals surface area contributed by atoms with E-state index in [4.69, 9.17) is 11.5 Å². The predicted molar refractivity (Wildman–Crippen MR) is 208 cm³/mol. The Bertz CT molecular complexity index is 1590. The fourth-order valence-corrected chi connectivity index (χ4v) is 5.32. The number of hydrogen-bond acceptors (Lipinski definition) is 9. The molecule has 55 heavy (non-hydrogen) atoms. The van der Waals surface area contributed by atoms with Gasteiger partial charge in [-0.25, -0.2) is 4.79 Å². The molecule has 0 aliphatic carbocycles. The number of benzene rings is 2. The molecule has 2 aromatic carbocycles. The second-order valence-corrected chi connectivity index (χ2v) is 13.2. The van der Waals surface area contributed by atoms with Gasteiger partial charge in [-0.3, -0.25) is 28.8 Å². The van der Waals surface area contributed by atoms with Crippen LogP contribution in [0.5, 0.6) is 0 Å². The van der Waals surface area contributed by atoms with Crippen molar-refractivity contribution in [2.75, 3.05) is 25.5 Å². The van der Waals surface area contributed by atoms with E-state index in [-0.39, 0.29) is 19.4 Å². The highest BCUT2D eigenvalue weighted by Crippen LogP contribution is 2.22. The lowest BCUT2D eigenvalue weighted by Crippen LogP contribution is -2.60. The Hall–Kier alpha value is -5.55. The third-order valence-electron chi connectivity index (χ3n) is 8.63. The smallest absolute Gasteiger partial charge is 0.319 e. The summed E-state index contributed by atoms with van der Waals surface area (Å²) in [6.07, 6.45) is 2.48. The van der Waals surface area contributed by atoms with Gasteiger partial charge in [0, 0.05) is 25.7 Å². The number of nitrogens with one attached hydrogen (secondary N) is 7. The average Bonchev–Trinajstić information content (AvgIpc) is 3.15. The molecule has 0 heterocycles. The van der Waals surface area contributed by atoms with Crippen LogP contribution in [0, 0.1) is 0 Å². The molecule has 0 radical (unpaired) electrons. The van der Waals surface area contributed by atoms with Crippen LogP contribution in [0.1, 0.15) is 71.3 Å². The van der Waals surface area contributed by atoms with Crippen LogP contribution in [-0.2, 0) is 35.2 Å². The number of hydrogen-bond donors (Lipinski definition) is 10. The van der Waals surface area contributed by atoms with Gasteiger partial charge in [0.05, 0.1) is 12.5 Å². The number of carbonyl (C=O) groups excluding carboxylic acids is 7. The third kappa shape index (κ3) is 16.6. The Morgan fingerprint density at radius 2 is 1.38 bits per heavy atom. The number of unbranched alkanes of at least 4 members (excludes halogenated alkanes) is 2. The molecule has 12 N–H and O–H groups in total. The van der Waals surface area contributed by atoms with Crippen LogP contribution in [0.3, 0.4) is 0 Å². The number of aliphatic hydroxyl groups is 1. The summed E-state index contributed by atoms with van der Waals surface area (Å²) in [5.41, 5.74) is 14.8.